The molecule has 0 bridgehead atoms. The molecule has 1 saturated carbocycles. The minimum Gasteiger partial charge on any atom is -0.495 e. The maximum absolute atomic E-state index is 12.0. The van der Waals surface area contributed by atoms with Crippen molar-refractivity contribution in [3.05, 3.63) is 22.7 Å². The summed E-state index contributed by atoms with van der Waals surface area (Å²) >= 11 is 6.01. The van der Waals surface area contributed by atoms with Crippen LogP contribution >= 0.6 is 11.6 Å². The van der Waals surface area contributed by atoms with Gasteiger partial charge in [0.25, 0.3) is 0 Å². The first kappa shape index (κ1) is 18.1. The number of halogens is 1. The van der Waals surface area contributed by atoms with E-state index in [-0.39, 0.29) is 24.8 Å². The lowest BCUT2D eigenvalue weighted by molar-refractivity contribution is -0.140. The van der Waals surface area contributed by atoms with Crippen LogP contribution in [0.3, 0.4) is 0 Å². The molecule has 130 valence electrons. The molecule has 24 heavy (non-hydrogen) atoms. The van der Waals surface area contributed by atoms with Crippen molar-refractivity contribution in [3.63, 3.8) is 0 Å². The van der Waals surface area contributed by atoms with E-state index in [9.17, 15) is 14.4 Å². The number of aliphatic carboxylic acids is 1. The molecule has 3 N–H and O–H groups in total. The van der Waals surface area contributed by atoms with Crippen LogP contribution in [0.5, 0.6) is 5.75 Å². The number of nitrogens with one attached hydrogen (secondary N) is 2. The topological polar surface area (TPSA) is 105 Å². The van der Waals surface area contributed by atoms with Crippen LogP contribution in [0.25, 0.3) is 0 Å². The van der Waals surface area contributed by atoms with Crippen LogP contribution < -0.4 is 15.4 Å². The Morgan fingerprint density at radius 1 is 1.33 bits per heavy atom. The van der Waals surface area contributed by atoms with Gasteiger partial charge in [-0.1, -0.05) is 11.6 Å². The number of carboxylic acid groups (broad SMARTS) is 1. The van der Waals surface area contributed by atoms with Crippen molar-refractivity contribution in [1.82, 2.24) is 5.32 Å². The van der Waals surface area contributed by atoms with Gasteiger partial charge < -0.3 is 20.5 Å². The number of benzene rings is 1. The molecule has 0 radical (unpaired) electrons. The number of carbonyl (C=O) groups is 3. The van der Waals surface area contributed by atoms with Gasteiger partial charge in [-0.25, -0.2) is 0 Å². The van der Waals surface area contributed by atoms with E-state index < -0.39 is 17.8 Å². The summed E-state index contributed by atoms with van der Waals surface area (Å²) in [6.45, 7) is 1.95. The van der Waals surface area contributed by atoms with Crippen molar-refractivity contribution in [1.29, 1.82) is 0 Å². The second-order valence-corrected chi connectivity index (χ2v) is 6.09. The molecule has 0 saturated heterocycles. The van der Waals surface area contributed by atoms with Crippen molar-refractivity contribution in [2.45, 2.75) is 19.8 Å². The zero-order chi connectivity index (χ0) is 17.9. The molecule has 0 aromatic heterocycles. The molecule has 2 amide bonds. The van der Waals surface area contributed by atoms with Crippen molar-refractivity contribution in [2.75, 3.05) is 19.0 Å². The third-order valence-electron chi connectivity index (χ3n) is 3.85. The number of ether oxygens (including phenoxy) is 1. The lowest BCUT2D eigenvalue weighted by atomic mass is 10.2. The van der Waals surface area contributed by atoms with E-state index in [4.69, 9.17) is 21.4 Å². The van der Waals surface area contributed by atoms with E-state index in [0.29, 0.717) is 22.9 Å². The largest absolute Gasteiger partial charge is 0.495 e. The highest BCUT2D eigenvalue weighted by atomic mass is 35.5. The van der Waals surface area contributed by atoms with Gasteiger partial charge in [0, 0.05) is 24.1 Å². The quantitative estimate of drug-likeness (QED) is 0.692. The Bertz CT molecular complexity index is 677. The summed E-state index contributed by atoms with van der Waals surface area (Å²) in [6, 6.07) is 3.33. The van der Waals surface area contributed by atoms with Gasteiger partial charge in [-0.3, -0.25) is 14.4 Å². The van der Waals surface area contributed by atoms with Crippen molar-refractivity contribution in [3.8, 4) is 5.75 Å². The number of hydrogen-bond acceptors (Lipinski definition) is 4. The second kappa shape index (κ2) is 7.53. The van der Waals surface area contributed by atoms with Crippen LogP contribution in [-0.2, 0) is 14.4 Å². The summed E-state index contributed by atoms with van der Waals surface area (Å²) in [5, 5.41) is 14.6. The fourth-order valence-corrected chi connectivity index (χ4v) is 2.48. The van der Waals surface area contributed by atoms with E-state index >= 15 is 0 Å². The fraction of sp³-hybridized carbons (Fsp3) is 0.438. The highest BCUT2D eigenvalue weighted by Crippen LogP contribution is 2.38. The molecule has 0 heterocycles. The van der Waals surface area contributed by atoms with Gasteiger partial charge in [0.05, 0.1) is 24.6 Å². The molecule has 8 heteroatoms. The van der Waals surface area contributed by atoms with Gasteiger partial charge in [-0.05, 0) is 25.0 Å². The number of carboxylic acids is 1. The Labute approximate surface area is 144 Å². The standard InChI is InChI=1S/C16H19ClN2O5/c1-8-5-12(13(24-2)7-11(8)17)19-14(20)3-4-18-15(21)9-6-10(9)16(22)23/h5,7,9-10H,3-4,6H2,1-2H3,(H,18,21)(H,19,20)(H,22,23). The van der Waals surface area contributed by atoms with Gasteiger partial charge >= 0.3 is 5.97 Å². The number of methoxy groups -OCH3 is 1. The molecule has 1 aromatic rings. The number of rotatable bonds is 7. The molecule has 2 atom stereocenters. The summed E-state index contributed by atoms with van der Waals surface area (Å²) in [5.41, 5.74) is 1.30. The predicted octanol–water partition coefficient (Wildman–Crippen LogP) is 1.82. The average molecular weight is 355 g/mol. The molecule has 1 aliphatic carbocycles. The highest BCUT2D eigenvalue weighted by Gasteiger charge is 2.48. The molecule has 1 aromatic carbocycles. The van der Waals surface area contributed by atoms with Crippen LogP contribution in [0, 0.1) is 18.8 Å². The maximum Gasteiger partial charge on any atom is 0.307 e. The van der Waals surface area contributed by atoms with E-state index in [1.54, 1.807) is 12.1 Å². The fourth-order valence-electron chi connectivity index (χ4n) is 2.33. The molecule has 2 unspecified atom stereocenters. The number of hydrogen-bond donors (Lipinski definition) is 3. The molecule has 1 aliphatic rings. The van der Waals surface area contributed by atoms with E-state index in [1.165, 1.54) is 7.11 Å². The zero-order valence-electron chi connectivity index (χ0n) is 13.4. The Kier molecular flexibility index (Phi) is 5.66. The Morgan fingerprint density at radius 2 is 2.04 bits per heavy atom. The summed E-state index contributed by atoms with van der Waals surface area (Å²) in [7, 11) is 1.48. The second-order valence-electron chi connectivity index (χ2n) is 5.68. The molecule has 0 spiro atoms. The highest BCUT2D eigenvalue weighted by molar-refractivity contribution is 6.31. The zero-order valence-corrected chi connectivity index (χ0v) is 14.1. The summed E-state index contributed by atoms with van der Waals surface area (Å²) < 4.78 is 5.17. The van der Waals surface area contributed by atoms with Crippen LogP contribution in [0.15, 0.2) is 12.1 Å². The molecular formula is C16H19ClN2O5. The van der Waals surface area contributed by atoms with E-state index in [1.807, 2.05) is 6.92 Å². The van der Waals surface area contributed by atoms with Crippen molar-refractivity contribution < 1.29 is 24.2 Å². The molecule has 1 fully saturated rings. The van der Waals surface area contributed by atoms with E-state index in [2.05, 4.69) is 10.6 Å². The smallest absolute Gasteiger partial charge is 0.307 e. The lowest BCUT2D eigenvalue weighted by Crippen LogP contribution is -2.29. The minimum absolute atomic E-state index is 0.0705. The van der Waals surface area contributed by atoms with Gasteiger partial charge in [-0.15, -0.1) is 0 Å². The summed E-state index contributed by atoms with van der Waals surface area (Å²) in [5.74, 6) is -2.20. The average Bonchev–Trinajstić information content (AvgIpc) is 3.31. The number of aryl methyl sites for hydroxylation is 1. The van der Waals surface area contributed by atoms with Crippen LogP contribution in [0.4, 0.5) is 5.69 Å². The Morgan fingerprint density at radius 3 is 2.62 bits per heavy atom. The third-order valence-corrected chi connectivity index (χ3v) is 4.26. The van der Waals surface area contributed by atoms with E-state index in [0.717, 1.165) is 5.56 Å². The first-order valence-corrected chi connectivity index (χ1v) is 7.85. The lowest BCUT2D eigenvalue weighted by Gasteiger charge is -2.12. The summed E-state index contributed by atoms with van der Waals surface area (Å²) in [4.78, 5) is 34.4. The van der Waals surface area contributed by atoms with Crippen LogP contribution in [0.1, 0.15) is 18.4 Å². The summed E-state index contributed by atoms with van der Waals surface area (Å²) in [6.07, 6.45) is 0.426. The van der Waals surface area contributed by atoms with Crippen LogP contribution in [0.2, 0.25) is 5.02 Å². The molecule has 2 rings (SSSR count). The minimum atomic E-state index is -0.960. The maximum atomic E-state index is 12.0. The first-order valence-electron chi connectivity index (χ1n) is 7.48. The monoisotopic (exact) mass is 354 g/mol. The predicted molar refractivity (Wildman–Crippen MR) is 88.2 cm³/mol. The molecular weight excluding hydrogens is 336 g/mol. The van der Waals surface area contributed by atoms with Gasteiger partial charge in [0.1, 0.15) is 5.75 Å². The van der Waals surface area contributed by atoms with Crippen molar-refractivity contribution >= 4 is 35.1 Å². The normalized spacial score (nSPS) is 18.6. The van der Waals surface area contributed by atoms with Gasteiger partial charge in [-0.2, -0.15) is 0 Å². The Hall–Kier alpha value is -2.28. The SMILES string of the molecule is COc1cc(Cl)c(C)cc1NC(=O)CCNC(=O)C1CC1C(=O)O. The first-order chi connectivity index (χ1) is 11.3. The number of carbonyl (C=O) groups excluding carboxylic acids is 2. The third kappa shape index (κ3) is 4.38. The van der Waals surface area contributed by atoms with Gasteiger partial charge in [0.15, 0.2) is 0 Å². The van der Waals surface area contributed by atoms with Crippen molar-refractivity contribution in [2.24, 2.45) is 11.8 Å². The van der Waals surface area contributed by atoms with Gasteiger partial charge in [0.2, 0.25) is 11.8 Å². The molecule has 0 aliphatic heterocycles. The number of amides is 2. The number of anilines is 1. The van der Waals surface area contributed by atoms with Crippen LogP contribution in [-0.4, -0.2) is 36.5 Å². The molecule has 7 nitrogen and oxygen atoms in total. The Balaban J connectivity index is 1.81.